The van der Waals surface area contributed by atoms with E-state index in [1.165, 1.54) is 0 Å². The molecule has 0 spiro atoms. The van der Waals surface area contributed by atoms with E-state index in [1.807, 2.05) is 48.1 Å². The lowest BCUT2D eigenvalue weighted by Gasteiger charge is -2.14. The SMILES string of the molecule is CC(CC(=O)Nc1ccc(Br)cc1)NCCCn1cccn1. The predicted octanol–water partition coefficient (Wildman–Crippen LogP) is 3.04. The highest BCUT2D eigenvalue weighted by atomic mass is 79.9. The summed E-state index contributed by atoms with van der Waals surface area (Å²) >= 11 is 3.37. The summed E-state index contributed by atoms with van der Waals surface area (Å²) in [6, 6.07) is 9.64. The first-order valence-electron chi connectivity index (χ1n) is 7.40. The van der Waals surface area contributed by atoms with Gasteiger partial charge in [0, 0.05) is 41.6 Å². The molecule has 0 bridgehead atoms. The van der Waals surface area contributed by atoms with E-state index in [2.05, 4.69) is 31.7 Å². The number of aryl methyl sites for hydroxylation is 1. The van der Waals surface area contributed by atoms with Crippen molar-refractivity contribution in [2.75, 3.05) is 11.9 Å². The van der Waals surface area contributed by atoms with E-state index < -0.39 is 0 Å². The van der Waals surface area contributed by atoms with Crippen LogP contribution >= 0.6 is 15.9 Å². The molecule has 0 aliphatic carbocycles. The Balaban J connectivity index is 1.62. The van der Waals surface area contributed by atoms with Crippen molar-refractivity contribution in [2.24, 2.45) is 0 Å². The van der Waals surface area contributed by atoms with Crippen molar-refractivity contribution >= 4 is 27.5 Å². The van der Waals surface area contributed by atoms with Crippen molar-refractivity contribution in [3.63, 3.8) is 0 Å². The Morgan fingerprint density at radius 1 is 1.36 bits per heavy atom. The molecule has 1 aromatic heterocycles. The highest BCUT2D eigenvalue weighted by molar-refractivity contribution is 9.10. The summed E-state index contributed by atoms with van der Waals surface area (Å²) in [4.78, 5) is 12.0. The van der Waals surface area contributed by atoms with Crippen molar-refractivity contribution in [3.05, 3.63) is 47.2 Å². The number of halogens is 1. The second-order valence-electron chi connectivity index (χ2n) is 5.24. The Kier molecular flexibility index (Phi) is 6.61. The average Bonchev–Trinajstić information content (AvgIpc) is 2.99. The van der Waals surface area contributed by atoms with Gasteiger partial charge < -0.3 is 10.6 Å². The molecule has 0 aliphatic heterocycles. The fourth-order valence-electron chi connectivity index (χ4n) is 2.12. The number of amides is 1. The Morgan fingerprint density at radius 3 is 2.82 bits per heavy atom. The van der Waals surface area contributed by atoms with Crippen molar-refractivity contribution in [1.82, 2.24) is 15.1 Å². The molecule has 5 nitrogen and oxygen atoms in total. The summed E-state index contributed by atoms with van der Waals surface area (Å²) in [6.07, 6.45) is 5.18. The van der Waals surface area contributed by atoms with Gasteiger partial charge in [0.25, 0.3) is 0 Å². The van der Waals surface area contributed by atoms with E-state index in [1.54, 1.807) is 6.20 Å². The van der Waals surface area contributed by atoms with Crippen LogP contribution in [0.25, 0.3) is 0 Å². The van der Waals surface area contributed by atoms with Crippen LogP contribution in [0.5, 0.6) is 0 Å². The zero-order valence-corrected chi connectivity index (χ0v) is 14.2. The lowest BCUT2D eigenvalue weighted by molar-refractivity contribution is -0.116. The maximum atomic E-state index is 12.0. The number of benzene rings is 1. The van der Waals surface area contributed by atoms with E-state index in [0.717, 1.165) is 29.7 Å². The van der Waals surface area contributed by atoms with Crippen LogP contribution in [0, 0.1) is 0 Å². The van der Waals surface area contributed by atoms with Crippen molar-refractivity contribution in [3.8, 4) is 0 Å². The van der Waals surface area contributed by atoms with Crippen LogP contribution in [0.4, 0.5) is 5.69 Å². The number of anilines is 1. The van der Waals surface area contributed by atoms with Gasteiger partial charge in [-0.25, -0.2) is 0 Å². The number of carbonyl (C=O) groups excluding carboxylic acids is 1. The van der Waals surface area contributed by atoms with Crippen LogP contribution in [-0.4, -0.2) is 28.3 Å². The minimum atomic E-state index is 0.0226. The molecular formula is C16H21BrN4O. The third kappa shape index (κ3) is 5.99. The standard InChI is InChI=1S/C16H21BrN4O/c1-13(18-8-2-10-21-11-3-9-19-21)12-16(22)20-15-6-4-14(17)5-7-15/h3-7,9,11,13,18H,2,8,10,12H2,1H3,(H,20,22). The molecule has 0 saturated heterocycles. The Hall–Kier alpha value is -1.66. The average molecular weight is 365 g/mol. The Labute approximate surface area is 139 Å². The quantitative estimate of drug-likeness (QED) is 0.707. The highest BCUT2D eigenvalue weighted by Gasteiger charge is 2.08. The maximum absolute atomic E-state index is 12.0. The molecule has 2 aromatic rings. The van der Waals surface area contributed by atoms with Crippen molar-refractivity contribution in [1.29, 1.82) is 0 Å². The van der Waals surface area contributed by atoms with Gasteiger partial charge >= 0.3 is 0 Å². The first-order valence-corrected chi connectivity index (χ1v) is 8.19. The summed E-state index contributed by atoms with van der Waals surface area (Å²) in [6.45, 7) is 3.78. The fraction of sp³-hybridized carbons (Fsp3) is 0.375. The number of hydrogen-bond acceptors (Lipinski definition) is 3. The third-order valence-corrected chi connectivity index (χ3v) is 3.76. The van der Waals surface area contributed by atoms with Crippen LogP contribution in [0.2, 0.25) is 0 Å². The maximum Gasteiger partial charge on any atom is 0.225 e. The van der Waals surface area contributed by atoms with Crippen LogP contribution in [0.3, 0.4) is 0 Å². The normalized spacial score (nSPS) is 12.1. The molecule has 1 heterocycles. The van der Waals surface area contributed by atoms with E-state index in [0.29, 0.717) is 6.42 Å². The minimum absolute atomic E-state index is 0.0226. The van der Waals surface area contributed by atoms with Crippen molar-refractivity contribution in [2.45, 2.75) is 32.4 Å². The Bertz CT molecular complexity index is 568. The van der Waals surface area contributed by atoms with Gasteiger partial charge in [-0.2, -0.15) is 5.10 Å². The number of nitrogens with zero attached hydrogens (tertiary/aromatic N) is 2. The molecule has 118 valence electrons. The van der Waals surface area contributed by atoms with Gasteiger partial charge in [-0.1, -0.05) is 15.9 Å². The van der Waals surface area contributed by atoms with Crippen LogP contribution in [0.1, 0.15) is 19.8 Å². The number of hydrogen-bond donors (Lipinski definition) is 2. The topological polar surface area (TPSA) is 59.0 Å². The summed E-state index contributed by atoms with van der Waals surface area (Å²) < 4.78 is 2.91. The van der Waals surface area contributed by atoms with Gasteiger partial charge in [-0.15, -0.1) is 0 Å². The molecule has 0 aliphatic rings. The molecule has 0 saturated carbocycles. The molecule has 22 heavy (non-hydrogen) atoms. The summed E-state index contributed by atoms with van der Waals surface area (Å²) in [5.74, 6) is 0.0226. The summed E-state index contributed by atoms with van der Waals surface area (Å²) in [7, 11) is 0. The number of carbonyl (C=O) groups is 1. The van der Waals surface area contributed by atoms with Crippen LogP contribution < -0.4 is 10.6 Å². The molecule has 2 N–H and O–H groups in total. The molecule has 1 aromatic carbocycles. The van der Waals surface area contributed by atoms with Crippen molar-refractivity contribution < 1.29 is 4.79 Å². The van der Waals surface area contributed by atoms with E-state index >= 15 is 0 Å². The predicted molar refractivity (Wildman–Crippen MR) is 91.7 cm³/mol. The second kappa shape index (κ2) is 8.70. The first kappa shape index (κ1) is 16.7. The monoisotopic (exact) mass is 364 g/mol. The largest absolute Gasteiger partial charge is 0.326 e. The van der Waals surface area contributed by atoms with Crippen LogP contribution in [-0.2, 0) is 11.3 Å². The fourth-order valence-corrected chi connectivity index (χ4v) is 2.38. The molecular weight excluding hydrogens is 344 g/mol. The summed E-state index contributed by atoms with van der Waals surface area (Å²) in [5.41, 5.74) is 0.819. The third-order valence-electron chi connectivity index (χ3n) is 3.24. The molecule has 1 unspecified atom stereocenters. The molecule has 6 heteroatoms. The van der Waals surface area contributed by atoms with Gasteiger partial charge in [-0.3, -0.25) is 9.48 Å². The van der Waals surface area contributed by atoms with E-state index in [-0.39, 0.29) is 11.9 Å². The molecule has 1 atom stereocenters. The first-order chi connectivity index (χ1) is 10.6. The zero-order valence-electron chi connectivity index (χ0n) is 12.6. The highest BCUT2D eigenvalue weighted by Crippen LogP contribution is 2.14. The molecule has 1 amide bonds. The van der Waals surface area contributed by atoms with Gasteiger partial charge in [0.2, 0.25) is 5.91 Å². The van der Waals surface area contributed by atoms with E-state index in [4.69, 9.17) is 0 Å². The molecule has 2 rings (SSSR count). The van der Waals surface area contributed by atoms with Crippen LogP contribution in [0.15, 0.2) is 47.2 Å². The van der Waals surface area contributed by atoms with E-state index in [9.17, 15) is 4.79 Å². The smallest absolute Gasteiger partial charge is 0.225 e. The van der Waals surface area contributed by atoms with Gasteiger partial charge in [0.1, 0.15) is 0 Å². The number of aromatic nitrogens is 2. The lowest BCUT2D eigenvalue weighted by Crippen LogP contribution is -2.31. The van der Waals surface area contributed by atoms with Gasteiger partial charge in [0.15, 0.2) is 0 Å². The minimum Gasteiger partial charge on any atom is -0.326 e. The van der Waals surface area contributed by atoms with Gasteiger partial charge in [0.05, 0.1) is 0 Å². The number of rotatable bonds is 8. The second-order valence-corrected chi connectivity index (χ2v) is 6.15. The zero-order chi connectivity index (χ0) is 15.8. The van der Waals surface area contributed by atoms with Gasteiger partial charge in [-0.05, 0) is 50.2 Å². The summed E-state index contributed by atoms with van der Waals surface area (Å²) in [5, 5.41) is 10.4. The number of nitrogens with one attached hydrogen (secondary N) is 2. The Morgan fingerprint density at radius 2 is 2.14 bits per heavy atom. The molecule has 0 radical (unpaired) electrons. The lowest BCUT2D eigenvalue weighted by atomic mass is 10.2. The molecule has 0 fully saturated rings.